The van der Waals surface area contributed by atoms with Crippen molar-refractivity contribution in [2.75, 3.05) is 47.1 Å². The molecule has 0 spiro atoms. The number of hydrogen-bond acceptors (Lipinski definition) is 14. The molecule has 1 heterocycles. The van der Waals surface area contributed by atoms with Crippen molar-refractivity contribution in [3.05, 3.63) is 12.3 Å². The van der Waals surface area contributed by atoms with Gasteiger partial charge in [0, 0.05) is 12.5 Å². The molecular formula is C52H83NO13. The maximum absolute atomic E-state index is 15.6. The van der Waals surface area contributed by atoms with Gasteiger partial charge in [-0.05, 0) is 144 Å². The number of nitrogens with zero attached hydrogens (tertiary/aromatic N) is 1. The Balaban J connectivity index is 1.41. The monoisotopic (exact) mass is 930 g/mol. The summed E-state index contributed by atoms with van der Waals surface area (Å²) in [6.07, 6.45) is 6.91. The number of carbonyl (C=O) groups excluding carboxylic acids is 5. The van der Waals surface area contributed by atoms with Crippen molar-refractivity contribution in [2.45, 2.75) is 144 Å². The Labute approximate surface area is 393 Å². The molecule has 0 amide bonds. The first-order chi connectivity index (χ1) is 31.1. The van der Waals surface area contributed by atoms with Crippen LogP contribution in [0, 0.1) is 94.7 Å². The Hall–Kier alpha value is -3.23. The number of cyclic esters (lactones) is 1. The number of esters is 5. The third-order valence-corrected chi connectivity index (χ3v) is 17.7. The van der Waals surface area contributed by atoms with Gasteiger partial charge in [-0.3, -0.25) is 24.0 Å². The van der Waals surface area contributed by atoms with Crippen LogP contribution in [0.25, 0.3) is 0 Å². The Bertz CT molecular complexity index is 1700. The summed E-state index contributed by atoms with van der Waals surface area (Å²) >= 11 is 0. The van der Waals surface area contributed by atoms with Crippen LogP contribution in [0.4, 0.5) is 0 Å². The second-order valence-electron chi connectivity index (χ2n) is 22.7. The molecule has 14 nitrogen and oxygen atoms in total. The molecule has 14 unspecified atom stereocenters. The van der Waals surface area contributed by atoms with Crippen molar-refractivity contribution in [1.82, 2.24) is 4.90 Å². The van der Waals surface area contributed by atoms with Crippen LogP contribution < -0.4 is 0 Å². The van der Waals surface area contributed by atoms with Crippen LogP contribution in [0.15, 0.2) is 12.3 Å². The van der Waals surface area contributed by atoms with Gasteiger partial charge in [-0.25, -0.2) is 0 Å². The zero-order valence-electron chi connectivity index (χ0n) is 41.6. The van der Waals surface area contributed by atoms with E-state index in [1.165, 1.54) is 6.42 Å². The molecule has 0 aromatic heterocycles. The molecular weight excluding hydrogens is 847 g/mol. The van der Waals surface area contributed by atoms with E-state index >= 15 is 9.59 Å². The Morgan fingerprint density at radius 2 is 1.32 bits per heavy atom. The number of hydrogen-bond donors (Lipinski definition) is 2. The topological polar surface area (TPSA) is 184 Å². The van der Waals surface area contributed by atoms with Crippen LogP contribution in [-0.4, -0.2) is 116 Å². The van der Waals surface area contributed by atoms with Gasteiger partial charge in [0.15, 0.2) is 0 Å². The highest BCUT2D eigenvalue weighted by atomic mass is 16.6. The minimum atomic E-state index is -1.12. The van der Waals surface area contributed by atoms with E-state index in [0.29, 0.717) is 30.1 Å². The summed E-state index contributed by atoms with van der Waals surface area (Å²) in [5.74, 6) is -7.15. The maximum Gasteiger partial charge on any atom is 0.310 e. The first kappa shape index (κ1) is 52.1. The van der Waals surface area contributed by atoms with Crippen molar-refractivity contribution >= 4 is 29.8 Å². The number of fused-ring (bicyclic) bond motifs is 2. The van der Waals surface area contributed by atoms with Crippen LogP contribution in [0.2, 0.25) is 0 Å². The summed E-state index contributed by atoms with van der Waals surface area (Å²) in [5.41, 5.74) is -0.713. The summed E-state index contributed by atoms with van der Waals surface area (Å²) in [6, 6.07) is 0. The lowest BCUT2D eigenvalue weighted by atomic mass is 9.50. The van der Waals surface area contributed by atoms with E-state index in [1.807, 2.05) is 67.5 Å². The van der Waals surface area contributed by atoms with Crippen molar-refractivity contribution < 1.29 is 62.6 Å². The molecule has 0 aromatic carbocycles. The molecule has 6 aliphatic carbocycles. The van der Waals surface area contributed by atoms with Gasteiger partial charge in [-0.1, -0.05) is 55.0 Å². The van der Waals surface area contributed by atoms with E-state index in [2.05, 4.69) is 13.5 Å². The van der Waals surface area contributed by atoms with E-state index in [1.54, 1.807) is 0 Å². The van der Waals surface area contributed by atoms with Gasteiger partial charge >= 0.3 is 29.8 Å². The van der Waals surface area contributed by atoms with Gasteiger partial charge in [0.25, 0.3) is 0 Å². The average molecular weight is 930 g/mol. The number of rotatable bonds is 24. The molecule has 7 fully saturated rings. The fourth-order valence-electron chi connectivity index (χ4n) is 13.8. The van der Waals surface area contributed by atoms with Gasteiger partial charge in [0.1, 0.15) is 43.7 Å². The molecule has 6 bridgehead atoms. The fraction of sp³-hybridized carbons (Fsp3) is 0.865. The summed E-state index contributed by atoms with van der Waals surface area (Å²) in [6.45, 7) is 19.3. The molecule has 374 valence electrons. The molecule has 66 heavy (non-hydrogen) atoms. The van der Waals surface area contributed by atoms with Crippen LogP contribution in [0.1, 0.15) is 120 Å². The van der Waals surface area contributed by atoms with Gasteiger partial charge in [-0.2, -0.15) is 0 Å². The molecule has 14 heteroatoms. The molecule has 0 aromatic rings. The summed E-state index contributed by atoms with van der Waals surface area (Å²) < 4.78 is 36.5. The lowest BCUT2D eigenvalue weighted by Gasteiger charge is -2.59. The highest BCUT2D eigenvalue weighted by Crippen LogP contribution is 2.60. The predicted molar refractivity (Wildman–Crippen MR) is 245 cm³/mol. The number of aliphatic hydroxyl groups is 2. The maximum atomic E-state index is 15.6. The Morgan fingerprint density at radius 3 is 1.83 bits per heavy atom. The molecule has 0 radical (unpaired) electrons. The predicted octanol–water partition coefficient (Wildman–Crippen LogP) is 6.62. The molecule has 7 rings (SSSR count). The number of allylic oxidation sites excluding steroid dienone is 1. The minimum absolute atomic E-state index is 0.0364. The van der Waals surface area contributed by atoms with E-state index in [0.717, 1.165) is 51.4 Å². The first-order valence-corrected chi connectivity index (χ1v) is 25.3. The first-order valence-electron chi connectivity index (χ1n) is 25.3. The molecule has 7 aliphatic rings. The number of ether oxygens (including phenoxy) is 6. The van der Waals surface area contributed by atoms with Crippen molar-refractivity contribution in [1.29, 1.82) is 0 Å². The second kappa shape index (κ2) is 22.0. The largest absolute Gasteiger partial charge is 0.495 e. The van der Waals surface area contributed by atoms with Gasteiger partial charge in [0.05, 0.1) is 42.5 Å². The van der Waals surface area contributed by atoms with E-state index < -0.39 is 108 Å². The third-order valence-electron chi connectivity index (χ3n) is 17.7. The number of likely N-dealkylation sites (N-methyl/N-ethyl adjacent to an activating group) is 1. The van der Waals surface area contributed by atoms with Crippen LogP contribution in [0.3, 0.4) is 0 Å². The standard InChI is InChI=1S/C52H83NO13/c1-27(2)44(49(58)64-41-23-43(56)63-26-41)30(5)47(51(60)66-52(9)38-18-35-16-36(20-38)21-39(52)19-35)32(7)46(50(59)65-42-22-34-12-13-37(42)17-34)31(6)45(48(57)61-15-14-53(10)11)29(4)28(3)33(8)62-25-40(55)24-54/h27-32,34-42,44-47,54-55H,8,12-26H2,1-7,9-11H3. The molecule has 2 N–H and O–H groups in total. The van der Waals surface area contributed by atoms with Crippen LogP contribution >= 0.6 is 0 Å². The molecule has 1 saturated heterocycles. The third kappa shape index (κ3) is 11.6. The minimum Gasteiger partial charge on any atom is -0.495 e. The van der Waals surface area contributed by atoms with E-state index in [-0.39, 0.29) is 56.0 Å². The van der Waals surface area contributed by atoms with Crippen molar-refractivity contribution in [3.63, 3.8) is 0 Å². The SMILES string of the molecule is C=C(OCC(O)CO)C(C)C(C)C(C(=O)OCCN(C)C)C(C)C(C(=O)OC1CC2CCC1C2)C(C)C(C(=O)OC1(C)C2CC3CC(C2)CC1C3)C(C)C(C(=O)OC1COC(=O)C1)C(C)C. The second-order valence-corrected chi connectivity index (χ2v) is 22.7. The van der Waals surface area contributed by atoms with Gasteiger partial charge in [0.2, 0.25) is 0 Å². The number of aliphatic hydroxyl groups excluding tert-OH is 2. The lowest BCUT2D eigenvalue weighted by Crippen LogP contribution is -2.59. The Kier molecular flexibility index (Phi) is 17.4. The summed E-state index contributed by atoms with van der Waals surface area (Å²) in [5, 5.41) is 19.5. The zero-order valence-corrected chi connectivity index (χ0v) is 41.6. The number of carbonyl (C=O) groups is 5. The van der Waals surface area contributed by atoms with E-state index in [4.69, 9.17) is 28.4 Å². The highest BCUT2D eigenvalue weighted by Gasteiger charge is 2.59. The highest BCUT2D eigenvalue weighted by molar-refractivity contribution is 5.81. The van der Waals surface area contributed by atoms with Crippen molar-refractivity contribution in [2.24, 2.45) is 94.7 Å². The summed E-state index contributed by atoms with van der Waals surface area (Å²) in [4.78, 5) is 74.0. The summed E-state index contributed by atoms with van der Waals surface area (Å²) in [7, 11) is 3.77. The molecule has 1 aliphatic heterocycles. The molecule has 6 saturated carbocycles. The van der Waals surface area contributed by atoms with Crippen molar-refractivity contribution in [3.8, 4) is 0 Å². The quantitative estimate of drug-likeness (QED) is 0.0598. The van der Waals surface area contributed by atoms with Gasteiger partial charge in [-0.15, -0.1) is 0 Å². The lowest BCUT2D eigenvalue weighted by molar-refractivity contribution is -0.212. The fourth-order valence-corrected chi connectivity index (χ4v) is 13.8. The average Bonchev–Trinajstić information content (AvgIpc) is 3.98. The van der Waals surface area contributed by atoms with Gasteiger partial charge < -0.3 is 43.5 Å². The Morgan fingerprint density at radius 1 is 0.742 bits per heavy atom. The molecule has 14 atom stereocenters. The van der Waals surface area contributed by atoms with Crippen LogP contribution in [-0.2, 0) is 52.4 Å². The van der Waals surface area contributed by atoms with Crippen LogP contribution in [0.5, 0.6) is 0 Å². The zero-order chi connectivity index (χ0) is 48.4. The normalized spacial score (nSPS) is 33.2. The van der Waals surface area contributed by atoms with E-state index in [9.17, 15) is 24.6 Å². The smallest absolute Gasteiger partial charge is 0.310 e.